The summed E-state index contributed by atoms with van der Waals surface area (Å²) in [6.45, 7) is 1.27. The highest BCUT2D eigenvalue weighted by Gasteiger charge is 2.16. The first-order valence-electron chi connectivity index (χ1n) is 4.97. The molecule has 0 aromatic carbocycles. The molecule has 0 bridgehead atoms. The van der Waals surface area contributed by atoms with Gasteiger partial charge in [-0.3, -0.25) is 4.79 Å². The summed E-state index contributed by atoms with van der Waals surface area (Å²) in [6, 6.07) is 3.41. The number of alkyl halides is 2. The number of carbonyl (C=O) groups excluding carboxylic acids is 1. The molecule has 17 heavy (non-hydrogen) atoms. The molecule has 1 aromatic heterocycles. The fourth-order valence-electron chi connectivity index (χ4n) is 1.05. The van der Waals surface area contributed by atoms with Crippen molar-refractivity contribution >= 4 is 12.0 Å². The molecule has 0 fully saturated rings. The van der Waals surface area contributed by atoms with Crippen molar-refractivity contribution in [1.29, 1.82) is 0 Å². The molecule has 4 nitrogen and oxygen atoms in total. The fraction of sp³-hybridized carbons (Fsp3) is 0.364. The highest BCUT2D eigenvalue weighted by molar-refractivity contribution is 5.91. The van der Waals surface area contributed by atoms with Gasteiger partial charge in [-0.05, 0) is 25.1 Å². The van der Waals surface area contributed by atoms with E-state index in [4.69, 9.17) is 9.52 Å². The van der Waals surface area contributed by atoms with Crippen LogP contribution in [0.3, 0.4) is 0 Å². The van der Waals surface area contributed by atoms with Gasteiger partial charge in [-0.25, -0.2) is 8.78 Å². The van der Waals surface area contributed by atoms with Crippen LogP contribution < -0.4 is 5.32 Å². The van der Waals surface area contributed by atoms with Crippen LogP contribution in [0.25, 0.3) is 6.08 Å². The van der Waals surface area contributed by atoms with Crippen molar-refractivity contribution < 1.29 is 23.1 Å². The topological polar surface area (TPSA) is 62.5 Å². The van der Waals surface area contributed by atoms with Gasteiger partial charge in [-0.1, -0.05) is 0 Å². The number of aliphatic hydroxyl groups is 1. The third-order valence-corrected chi connectivity index (χ3v) is 1.94. The second-order valence-corrected chi connectivity index (χ2v) is 3.43. The fourth-order valence-corrected chi connectivity index (χ4v) is 1.05. The highest BCUT2D eigenvalue weighted by atomic mass is 19.3. The van der Waals surface area contributed by atoms with E-state index < -0.39 is 25.0 Å². The van der Waals surface area contributed by atoms with Crippen LogP contribution in [0.15, 0.2) is 22.6 Å². The number of amides is 1. The summed E-state index contributed by atoms with van der Waals surface area (Å²) in [7, 11) is 0. The molecular weight excluding hydrogens is 232 g/mol. The van der Waals surface area contributed by atoms with Crippen LogP contribution in [0.4, 0.5) is 8.78 Å². The summed E-state index contributed by atoms with van der Waals surface area (Å²) < 4.78 is 29.0. The van der Waals surface area contributed by atoms with E-state index >= 15 is 0 Å². The molecule has 0 saturated heterocycles. The maximum absolute atomic E-state index is 11.9. The Morgan fingerprint density at radius 1 is 1.59 bits per heavy atom. The monoisotopic (exact) mass is 245 g/mol. The summed E-state index contributed by atoms with van der Waals surface area (Å²) in [5.74, 6) is 0.629. The zero-order chi connectivity index (χ0) is 12.8. The normalized spacial score (nSPS) is 13.2. The van der Waals surface area contributed by atoms with Crippen LogP contribution in [0.1, 0.15) is 11.5 Å². The van der Waals surface area contributed by atoms with E-state index in [1.165, 1.54) is 6.08 Å². The number of carbonyl (C=O) groups is 1. The molecule has 1 unspecified atom stereocenters. The molecular formula is C11H13F2NO3. The molecule has 0 spiro atoms. The summed E-state index contributed by atoms with van der Waals surface area (Å²) in [5.41, 5.74) is 0. The molecule has 0 radical (unpaired) electrons. The SMILES string of the molecule is Cc1ccc(/C=C/C(=O)NCC(O)C(F)F)o1. The van der Waals surface area contributed by atoms with Gasteiger partial charge in [0.25, 0.3) is 6.43 Å². The lowest BCUT2D eigenvalue weighted by Gasteiger charge is -2.08. The highest BCUT2D eigenvalue weighted by Crippen LogP contribution is 2.07. The third kappa shape index (κ3) is 4.78. The number of rotatable bonds is 5. The Kier molecular flexibility index (Phi) is 4.84. The number of hydrogen-bond acceptors (Lipinski definition) is 3. The number of aryl methyl sites for hydroxylation is 1. The van der Waals surface area contributed by atoms with Gasteiger partial charge >= 0.3 is 0 Å². The van der Waals surface area contributed by atoms with Gasteiger partial charge < -0.3 is 14.8 Å². The van der Waals surface area contributed by atoms with Gasteiger partial charge in [0.1, 0.15) is 17.6 Å². The summed E-state index contributed by atoms with van der Waals surface area (Å²) in [5, 5.41) is 10.9. The molecule has 0 saturated carbocycles. The van der Waals surface area contributed by atoms with E-state index in [1.54, 1.807) is 19.1 Å². The van der Waals surface area contributed by atoms with Crippen molar-refractivity contribution in [3.8, 4) is 0 Å². The van der Waals surface area contributed by atoms with Crippen molar-refractivity contribution in [3.63, 3.8) is 0 Å². The summed E-state index contributed by atoms with van der Waals surface area (Å²) in [6.07, 6.45) is -2.15. The predicted molar refractivity (Wildman–Crippen MR) is 57.5 cm³/mol. The van der Waals surface area contributed by atoms with E-state index in [0.717, 1.165) is 6.08 Å². The van der Waals surface area contributed by atoms with Crippen LogP contribution in [0.2, 0.25) is 0 Å². The second-order valence-electron chi connectivity index (χ2n) is 3.43. The Balaban J connectivity index is 2.37. The lowest BCUT2D eigenvalue weighted by atomic mass is 10.3. The summed E-state index contributed by atoms with van der Waals surface area (Å²) >= 11 is 0. The average Bonchev–Trinajstić information content (AvgIpc) is 2.69. The maximum Gasteiger partial charge on any atom is 0.265 e. The van der Waals surface area contributed by atoms with Crippen molar-refractivity contribution in [2.24, 2.45) is 0 Å². The standard InChI is InChI=1S/C11H13F2NO3/c1-7-2-3-8(17-7)4-5-10(16)14-6-9(15)11(12)13/h2-5,9,11,15H,6H2,1H3,(H,14,16)/b5-4+. The first-order chi connectivity index (χ1) is 7.99. The van der Waals surface area contributed by atoms with Crippen molar-refractivity contribution in [1.82, 2.24) is 5.32 Å². The van der Waals surface area contributed by atoms with Gasteiger partial charge in [0.15, 0.2) is 0 Å². The molecule has 1 amide bonds. The molecule has 2 N–H and O–H groups in total. The van der Waals surface area contributed by atoms with Crippen LogP contribution in [-0.2, 0) is 4.79 Å². The lowest BCUT2D eigenvalue weighted by Crippen LogP contribution is -2.34. The quantitative estimate of drug-likeness (QED) is 0.769. The van der Waals surface area contributed by atoms with Gasteiger partial charge in [-0.15, -0.1) is 0 Å². The maximum atomic E-state index is 11.9. The van der Waals surface area contributed by atoms with Crippen LogP contribution in [0.5, 0.6) is 0 Å². The van der Waals surface area contributed by atoms with E-state index in [0.29, 0.717) is 11.5 Å². The van der Waals surface area contributed by atoms with Crippen molar-refractivity contribution in [3.05, 3.63) is 29.7 Å². The van der Waals surface area contributed by atoms with E-state index in [-0.39, 0.29) is 0 Å². The number of nitrogens with one attached hydrogen (secondary N) is 1. The smallest absolute Gasteiger partial charge is 0.265 e. The number of furan rings is 1. The molecule has 1 rings (SSSR count). The molecule has 1 heterocycles. The van der Waals surface area contributed by atoms with Crippen LogP contribution in [0, 0.1) is 6.92 Å². The third-order valence-electron chi connectivity index (χ3n) is 1.94. The molecule has 0 aliphatic rings. The minimum absolute atomic E-state index is 0.488. The number of hydrogen-bond donors (Lipinski definition) is 2. The number of aliphatic hydroxyl groups excluding tert-OH is 1. The summed E-state index contributed by atoms with van der Waals surface area (Å²) in [4.78, 5) is 11.2. The first-order valence-corrected chi connectivity index (χ1v) is 4.97. The number of halogens is 2. The zero-order valence-electron chi connectivity index (χ0n) is 9.19. The molecule has 0 aliphatic carbocycles. The molecule has 94 valence electrons. The van der Waals surface area contributed by atoms with Gasteiger partial charge in [0, 0.05) is 12.6 Å². The Morgan fingerprint density at radius 3 is 2.82 bits per heavy atom. The zero-order valence-corrected chi connectivity index (χ0v) is 9.19. The van der Waals surface area contributed by atoms with Crippen LogP contribution >= 0.6 is 0 Å². The average molecular weight is 245 g/mol. The molecule has 1 aromatic rings. The second kappa shape index (κ2) is 6.15. The van der Waals surface area contributed by atoms with Gasteiger partial charge in [-0.2, -0.15) is 0 Å². The Bertz CT molecular complexity index is 401. The Labute approximate surface area is 96.9 Å². The lowest BCUT2D eigenvalue weighted by molar-refractivity contribution is -0.117. The van der Waals surface area contributed by atoms with E-state index in [9.17, 15) is 13.6 Å². The predicted octanol–water partition coefficient (Wildman–Crippen LogP) is 1.34. The minimum Gasteiger partial charge on any atom is -0.462 e. The van der Waals surface area contributed by atoms with E-state index in [1.807, 2.05) is 0 Å². The van der Waals surface area contributed by atoms with Crippen molar-refractivity contribution in [2.75, 3.05) is 6.54 Å². The Hall–Kier alpha value is -1.69. The van der Waals surface area contributed by atoms with Gasteiger partial charge in [0.2, 0.25) is 5.91 Å². The van der Waals surface area contributed by atoms with Gasteiger partial charge in [0.05, 0.1) is 0 Å². The minimum atomic E-state index is -2.87. The largest absolute Gasteiger partial charge is 0.462 e. The van der Waals surface area contributed by atoms with Crippen molar-refractivity contribution in [2.45, 2.75) is 19.5 Å². The Morgan fingerprint density at radius 2 is 2.29 bits per heavy atom. The van der Waals surface area contributed by atoms with E-state index in [2.05, 4.69) is 5.32 Å². The molecule has 6 heteroatoms. The first kappa shape index (κ1) is 13.4. The van der Waals surface area contributed by atoms with Crippen LogP contribution in [-0.4, -0.2) is 30.1 Å². The molecule has 0 aliphatic heterocycles. The molecule has 1 atom stereocenters.